The van der Waals surface area contributed by atoms with Gasteiger partial charge in [-0.25, -0.2) is 9.59 Å². The van der Waals surface area contributed by atoms with Crippen molar-refractivity contribution >= 4 is 29.2 Å². The van der Waals surface area contributed by atoms with Crippen molar-refractivity contribution < 1.29 is 23.9 Å². The Kier molecular flexibility index (Phi) is 6.73. The number of anilines is 2. The number of methoxy groups -OCH3 is 1. The van der Waals surface area contributed by atoms with Gasteiger partial charge in [0, 0.05) is 11.4 Å². The second-order valence-corrected chi connectivity index (χ2v) is 5.24. The Morgan fingerprint density at radius 3 is 2.31 bits per heavy atom. The lowest BCUT2D eigenvalue weighted by Crippen LogP contribution is -2.22. The van der Waals surface area contributed by atoms with Gasteiger partial charge in [0.25, 0.3) is 0 Å². The molecule has 2 aromatic rings. The number of hydrogen-bond acceptors (Lipinski definition) is 6. The Labute approximate surface area is 151 Å². The Hall–Kier alpha value is -3.35. The van der Waals surface area contributed by atoms with Crippen molar-refractivity contribution in [2.45, 2.75) is 6.92 Å². The van der Waals surface area contributed by atoms with Crippen LogP contribution in [-0.2, 0) is 14.3 Å². The number of hydrogen-bond donors (Lipinski definition) is 2. The topological polar surface area (TPSA) is 93.7 Å². The smallest absolute Gasteiger partial charge is 0.339 e. The lowest BCUT2D eigenvalue weighted by molar-refractivity contribution is -0.114. The molecule has 0 aromatic heterocycles. The van der Waals surface area contributed by atoms with E-state index in [0.29, 0.717) is 29.1 Å². The molecule has 0 aliphatic carbocycles. The van der Waals surface area contributed by atoms with Gasteiger partial charge in [-0.05, 0) is 43.3 Å². The average Bonchev–Trinajstić information content (AvgIpc) is 2.66. The molecule has 7 heteroatoms. The average molecular weight is 356 g/mol. The zero-order chi connectivity index (χ0) is 18.9. The molecular weight excluding hydrogens is 336 g/mol. The lowest BCUT2D eigenvalue weighted by atomic mass is 10.2. The van der Waals surface area contributed by atoms with Crippen molar-refractivity contribution in [3.63, 3.8) is 0 Å². The third-order valence-corrected chi connectivity index (χ3v) is 3.45. The van der Waals surface area contributed by atoms with Gasteiger partial charge < -0.3 is 20.1 Å². The molecule has 0 heterocycles. The highest BCUT2D eigenvalue weighted by molar-refractivity contribution is 5.98. The number of amides is 1. The van der Waals surface area contributed by atoms with Crippen LogP contribution in [0.3, 0.4) is 0 Å². The molecule has 0 radical (unpaired) electrons. The number of ether oxygens (including phenoxy) is 2. The SMILES string of the molecule is CCOC(=O)c1ccc(NC(=O)CNc2ccccc2C(=O)OC)cc1. The maximum Gasteiger partial charge on any atom is 0.339 e. The Bertz CT molecular complexity index is 787. The molecule has 0 aliphatic heterocycles. The van der Waals surface area contributed by atoms with Gasteiger partial charge in [-0.15, -0.1) is 0 Å². The molecule has 26 heavy (non-hydrogen) atoms. The zero-order valence-electron chi connectivity index (χ0n) is 14.6. The number of para-hydroxylation sites is 1. The van der Waals surface area contributed by atoms with Gasteiger partial charge in [0.15, 0.2) is 0 Å². The second kappa shape index (κ2) is 9.22. The molecule has 2 N–H and O–H groups in total. The molecule has 0 bridgehead atoms. The third-order valence-electron chi connectivity index (χ3n) is 3.45. The van der Waals surface area contributed by atoms with E-state index in [0.717, 1.165) is 0 Å². The molecule has 0 spiro atoms. The van der Waals surface area contributed by atoms with Crippen LogP contribution in [-0.4, -0.2) is 38.1 Å². The Morgan fingerprint density at radius 2 is 1.65 bits per heavy atom. The molecule has 136 valence electrons. The Morgan fingerprint density at radius 1 is 0.962 bits per heavy atom. The molecule has 0 saturated carbocycles. The van der Waals surface area contributed by atoms with Crippen molar-refractivity contribution in [2.75, 3.05) is 30.9 Å². The number of carbonyl (C=O) groups excluding carboxylic acids is 3. The third kappa shape index (κ3) is 5.07. The van der Waals surface area contributed by atoms with Crippen LogP contribution in [0.4, 0.5) is 11.4 Å². The van der Waals surface area contributed by atoms with Crippen molar-refractivity contribution in [1.29, 1.82) is 0 Å². The molecule has 0 unspecified atom stereocenters. The second-order valence-electron chi connectivity index (χ2n) is 5.24. The van der Waals surface area contributed by atoms with Gasteiger partial charge >= 0.3 is 11.9 Å². The number of esters is 2. The molecule has 2 rings (SSSR count). The summed E-state index contributed by atoms with van der Waals surface area (Å²) in [5.74, 6) is -1.19. The van der Waals surface area contributed by atoms with E-state index in [2.05, 4.69) is 10.6 Å². The van der Waals surface area contributed by atoms with Crippen molar-refractivity contribution in [3.8, 4) is 0 Å². The molecule has 0 aliphatic rings. The summed E-state index contributed by atoms with van der Waals surface area (Å²) in [6.45, 7) is 2.00. The van der Waals surface area contributed by atoms with E-state index in [-0.39, 0.29) is 12.5 Å². The van der Waals surface area contributed by atoms with Gasteiger partial charge in [-0.3, -0.25) is 4.79 Å². The largest absolute Gasteiger partial charge is 0.465 e. The summed E-state index contributed by atoms with van der Waals surface area (Å²) in [6.07, 6.45) is 0. The fraction of sp³-hybridized carbons (Fsp3) is 0.211. The molecule has 1 amide bonds. The molecule has 7 nitrogen and oxygen atoms in total. The first kappa shape index (κ1) is 19.0. The molecule has 0 atom stereocenters. The van der Waals surface area contributed by atoms with Crippen molar-refractivity contribution in [1.82, 2.24) is 0 Å². The van der Waals surface area contributed by atoms with Gasteiger partial charge in [0.2, 0.25) is 5.91 Å². The fourth-order valence-corrected chi connectivity index (χ4v) is 2.21. The number of benzene rings is 2. The van der Waals surface area contributed by atoms with Crippen LogP contribution in [0.1, 0.15) is 27.6 Å². The minimum Gasteiger partial charge on any atom is -0.465 e. The van der Waals surface area contributed by atoms with Crippen LogP contribution in [0.5, 0.6) is 0 Å². The quantitative estimate of drug-likeness (QED) is 0.741. The number of carbonyl (C=O) groups is 3. The van der Waals surface area contributed by atoms with Crippen LogP contribution in [0, 0.1) is 0 Å². The fourth-order valence-electron chi connectivity index (χ4n) is 2.21. The van der Waals surface area contributed by atoms with E-state index >= 15 is 0 Å². The summed E-state index contributed by atoms with van der Waals surface area (Å²) in [5.41, 5.74) is 1.81. The minimum atomic E-state index is -0.483. The van der Waals surface area contributed by atoms with Crippen LogP contribution in [0.15, 0.2) is 48.5 Å². The summed E-state index contributed by atoms with van der Waals surface area (Å²) in [4.78, 5) is 35.4. The number of rotatable bonds is 7. The van der Waals surface area contributed by atoms with E-state index in [9.17, 15) is 14.4 Å². The summed E-state index contributed by atoms with van der Waals surface area (Å²) in [6, 6.07) is 13.2. The zero-order valence-corrected chi connectivity index (χ0v) is 14.6. The van der Waals surface area contributed by atoms with E-state index in [1.165, 1.54) is 7.11 Å². The number of nitrogens with one attached hydrogen (secondary N) is 2. The standard InChI is InChI=1S/C19H20N2O5/c1-3-26-18(23)13-8-10-14(11-9-13)21-17(22)12-20-16-7-5-4-6-15(16)19(24)25-2/h4-11,20H,3,12H2,1-2H3,(H,21,22). The predicted molar refractivity (Wildman–Crippen MR) is 97.3 cm³/mol. The minimum absolute atomic E-state index is 0.0341. The van der Waals surface area contributed by atoms with Gasteiger partial charge in [-0.2, -0.15) is 0 Å². The predicted octanol–water partition coefficient (Wildman–Crippen LogP) is 2.70. The highest BCUT2D eigenvalue weighted by atomic mass is 16.5. The Balaban J connectivity index is 1.93. The molecule has 0 fully saturated rings. The van der Waals surface area contributed by atoms with E-state index in [1.54, 1.807) is 55.5 Å². The maximum absolute atomic E-state index is 12.1. The summed E-state index contributed by atoms with van der Waals surface area (Å²) < 4.78 is 9.61. The summed E-state index contributed by atoms with van der Waals surface area (Å²) in [5, 5.41) is 5.61. The van der Waals surface area contributed by atoms with Crippen LogP contribution >= 0.6 is 0 Å². The maximum atomic E-state index is 12.1. The van der Waals surface area contributed by atoms with Crippen molar-refractivity contribution in [3.05, 3.63) is 59.7 Å². The van der Waals surface area contributed by atoms with E-state index in [4.69, 9.17) is 9.47 Å². The lowest BCUT2D eigenvalue weighted by Gasteiger charge is -2.11. The highest BCUT2D eigenvalue weighted by Crippen LogP contribution is 2.16. The first-order valence-electron chi connectivity index (χ1n) is 8.03. The molecule has 0 saturated heterocycles. The van der Waals surface area contributed by atoms with Crippen LogP contribution < -0.4 is 10.6 Å². The van der Waals surface area contributed by atoms with Gasteiger partial charge in [-0.1, -0.05) is 12.1 Å². The van der Waals surface area contributed by atoms with Gasteiger partial charge in [0.05, 0.1) is 31.4 Å². The normalized spacial score (nSPS) is 9.92. The molecule has 2 aromatic carbocycles. The van der Waals surface area contributed by atoms with Crippen LogP contribution in [0.2, 0.25) is 0 Å². The molecular formula is C19H20N2O5. The highest BCUT2D eigenvalue weighted by Gasteiger charge is 2.12. The first-order chi connectivity index (χ1) is 12.5. The monoisotopic (exact) mass is 356 g/mol. The van der Waals surface area contributed by atoms with Crippen LogP contribution in [0.25, 0.3) is 0 Å². The first-order valence-corrected chi connectivity index (χ1v) is 8.03. The van der Waals surface area contributed by atoms with E-state index < -0.39 is 11.9 Å². The van der Waals surface area contributed by atoms with Gasteiger partial charge in [0.1, 0.15) is 0 Å². The van der Waals surface area contributed by atoms with E-state index in [1.807, 2.05) is 0 Å². The van der Waals surface area contributed by atoms with Crippen molar-refractivity contribution in [2.24, 2.45) is 0 Å². The summed E-state index contributed by atoms with van der Waals surface area (Å²) in [7, 11) is 1.30. The summed E-state index contributed by atoms with van der Waals surface area (Å²) >= 11 is 0.